The molecule has 0 bridgehead atoms. The van der Waals surface area contributed by atoms with E-state index in [1.807, 2.05) is 12.1 Å². The predicted molar refractivity (Wildman–Crippen MR) is 93.3 cm³/mol. The number of hydrogen-bond acceptors (Lipinski definition) is 6. The second-order valence-corrected chi connectivity index (χ2v) is 6.44. The van der Waals surface area contributed by atoms with Crippen molar-refractivity contribution in [2.45, 2.75) is 4.90 Å². The Hall–Kier alpha value is -3.13. The van der Waals surface area contributed by atoms with Crippen LogP contribution in [0.5, 0.6) is 5.75 Å². The third-order valence-corrected chi connectivity index (χ3v) is 4.63. The minimum Gasteiger partial charge on any atom is -0.507 e. The van der Waals surface area contributed by atoms with Gasteiger partial charge in [0.2, 0.25) is 0 Å². The van der Waals surface area contributed by atoms with E-state index in [1.165, 1.54) is 28.4 Å². The third-order valence-electron chi connectivity index (χ3n) is 3.62. The van der Waals surface area contributed by atoms with Gasteiger partial charge in [0.05, 0.1) is 0 Å². The van der Waals surface area contributed by atoms with Gasteiger partial charge >= 0.3 is 5.97 Å². The summed E-state index contributed by atoms with van der Waals surface area (Å²) < 4.78 is 1.53. The molecule has 4 N–H and O–H groups in total. The third kappa shape index (κ3) is 3.11. The van der Waals surface area contributed by atoms with Crippen molar-refractivity contribution in [1.82, 2.24) is 4.31 Å². The van der Waals surface area contributed by atoms with Gasteiger partial charge in [-0.1, -0.05) is 12.1 Å². The van der Waals surface area contributed by atoms with Crippen LogP contribution >= 0.6 is 11.9 Å². The lowest BCUT2D eigenvalue weighted by Gasteiger charge is -2.27. The summed E-state index contributed by atoms with van der Waals surface area (Å²) in [5.74, 6) is -2.46. The number of phenols is 1. The molecule has 8 heteroatoms. The predicted octanol–water partition coefficient (Wildman–Crippen LogP) is 2.91. The number of carbonyl (C=O) groups excluding carboxylic acids is 1. The maximum Gasteiger partial charge on any atom is 0.339 e. The molecule has 7 nitrogen and oxygen atoms in total. The van der Waals surface area contributed by atoms with E-state index < -0.39 is 17.6 Å². The Morgan fingerprint density at radius 1 is 1.12 bits per heavy atom. The first kappa shape index (κ1) is 16.7. The Kier molecular flexibility index (Phi) is 4.28. The highest BCUT2D eigenvalue weighted by Gasteiger charge is 2.28. The van der Waals surface area contributed by atoms with Gasteiger partial charge in [0.15, 0.2) is 11.5 Å². The first-order valence-electron chi connectivity index (χ1n) is 7.20. The standard InChI is InChI=1S/C17H14N2O5S/c1-19-14(15(21)10-4-2-3-5-13(10)25-19)16(22)18-9-6-7-12(20)11(8-9)17(23)24/h2-8,20-21H,1H3,(H,18,22)(H,23,24). The van der Waals surface area contributed by atoms with Crippen LogP contribution in [0.25, 0.3) is 5.76 Å². The summed E-state index contributed by atoms with van der Waals surface area (Å²) in [5, 5.41) is 31.6. The number of carbonyl (C=O) groups is 2. The molecule has 0 fully saturated rings. The summed E-state index contributed by atoms with van der Waals surface area (Å²) >= 11 is 1.29. The molecule has 0 radical (unpaired) electrons. The minimum atomic E-state index is -1.31. The molecule has 0 aromatic heterocycles. The maximum absolute atomic E-state index is 12.6. The quantitative estimate of drug-likeness (QED) is 0.493. The zero-order valence-electron chi connectivity index (χ0n) is 13.1. The normalized spacial score (nSPS) is 13.4. The van der Waals surface area contributed by atoms with Crippen LogP contribution in [0.15, 0.2) is 53.1 Å². The SMILES string of the molecule is CN1Sc2ccccc2C(O)=C1C(=O)Nc1ccc(O)c(C(=O)O)c1. The number of aliphatic hydroxyl groups excluding tert-OH is 1. The summed E-state index contributed by atoms with van der Waals surface area (Å²) in [5.41, 5.74) is 0.465. The second kappa shape index (κ2) is 6.40. The molecule has 128 valence electrons. The number of aromatic hydroxyl groups is 1. The van der Waals surface area contributed by atoms with Gasteiger partial charge in [0, 0.05) is 23.2 Å². The summed E-state index contributed by atoms with van der Waals surface area (Å²) in [4.78, 5) is 24.5. The number of amides is 1. The van der Waals surface area contributed by atoms with Gasteiger partial charge in [-0.25, -0.2) is 4.79 Å². The Morgan fingerprint density at radius 2 is 1.84 bits per heavy atom. The number of hydrogen-bond donors (Lipinski definition) is 4. The lowest BCUT2D eigenvalue weighted by atomic mass is 10.1. The van der Waals surface area contributed by atoms with Gasteiger partial charge in [0.25, 0.3) is 5.91 Å². The molecule has 0 aliphatic carbocycles. The van der Waals surface area contributed by atoms with E-state index in [1.54, 1.807) is 19.2 Å². The van der Waals surface area contributed by atoms with Crippen molar-refractivity contribution in [2.75, 3.05) is 12.4 Å². The molecule has 2 aromatic rings. The van der Waals surface area contributed by atoms with Gasteiger partial charge in [0.1, 0.15) is 11.3 Å². The molecule has 0 saturated heterocycles. The van der Waals surface area contributed by atoms with E-state index in [2.05, 4.69) is 5.32 Å². The van der Waals surface area contributed by atoms with Gasteiger partial charge in [-0.15, -0.1) is 0 Å². The smallest absolute Gasteiger partial charge is 0.339 e. The number of aromatic carboxylic acids is 1. The van der Waals surface area contributed by atoms with Crippen LogP contribution in [0, 0.1) is 0 Å². The van der Waals surface area contributed by atoms with Crippen LogP contribution in [-0.2, 0) is 4.79 Å². The molecule has 0 spiro atoms. The van der Waals surface area contributed by atoms with Crippen molar-refractivity contribution < 1.29 is 24.9 Å². The number of rotatable bonds is 3. The fourth-order valence-corrected chi connectivity index (χ4v) is 3.40. The van der Waals surface area contributed by atoms with Gasteiger partial charge in [-0.3, -0.25) is 4.79 Å². The Labute approximate surface area is 147 Å². The molecule has 0 saturated carbocycles. The monoisotopic (exact) mass is 358 g/mol. The van der Waals surface area contributed by atoms with Crippen LogP contribution in [0.1, 0.15) is 15.9 Å². The number of aliphatic hydroxyl groups is 1. The summed E-state index contributed by atoms with van der Waals surface area (Å²) in [6.45, 7) is 0. The van der Waals surface area contributed by atoms with E-state index in [4.69, 9.17) is 5.11 Å². The highest BCUT2D eigenvalue weighted by Crippen LogP contribution is 2.38. The number of fused-ring (bicyclic) bond motifs is 1. The molecule has 1 amide bonds. The Balaban J connectivity index is 1.94. The van der Waals surface area contributed by atoms with Crippen molar-refractivity contribution in [3.05, 3.63) is 59.3 Å². The number of carboxylic acids is 1. The lowest BCUT2D eigenvalue weighted by molar-refractivity contribution is -0.113. The molecule has 1 aliphatic heterocycles. The fourth-order valence-electron chi connectivity index (χ4n) is 2.44. The first-order valence-corrected chi connectivity index (χ1v) is 7.98. The van der Waals surface area contributed by atoms with E-state index in [-0.39, 0.29) is 22.7 Å². The summed E-state index contributed by atoms with van der Waals surface area (Å²) in [6.07, 6.45) is 0. The van der Waals surface area contributed by atoms with Crippen molar-refractivity contribution >= 4 is 35.3 Å². The largest absolute Gasteiger partial charge is 0.507 e. The fraction of sp³-hybridized carbons (Fsp3) is 0.0588. The molecule has 0 atom stereocenters. The topological polar surface area (TPSA) is 110 Å². The van der Waals surface area contributed by atoms with E-state index >= 15 is 0 Å². The van der Waals surface area contributed by atoms with Crippen molar-refractivity contribution in [2.24, 2.45) is 0 Å². The molecular weight excluding hydrogens is 344 g/mol. The highest BCUT2D eigenvalue weighted by molar-refractivity contribution is 7.97. The van der Waals surface area contributed by atoms with E-state index in [0.29, 0.717) is 5.56 Å². The molecule has 2 aromatic carbocycles. The van der Waals surface area contributed by atoms with Crippen LogP contribution < -0.4 is 5.32 Å². The summed E-state index contributed by atoms with van der Waals surface area (Å²) in [6, 6.07) is 10.8. The van der Waals surface area contributed by atoms with Crippen molar-refractivity contribution in [1.29, 1.82) is 0 Å². The molecule has 3 rings (SSSR count). The first-order chi connectivity index (χ1) is 11.9. The highest BCUT2D eigenvalue weighted by atomic mass is 32.2. The minimum absolute atomic E-state index is 0.0497. The Morgan fingerprint density at radius 3 is 2.56 bits per heavy atom. The number of anilines is 1. The lowest BCUT2D eigenvalue weighted by Crippen LogP contribution is -2.27. The number of nitrogens with one attached hydrogen (secondary N) is 1. The van der Waals surface area contributed by atoms with Crippen LogP contribution in [-0.4, -0.2) is 38.5 Å². The summed E-state index contributed by atoms with van der Waals surface area (Å²) in [7, 11) is 1.64. The molecular formula is C17H14N2O5S. The molecule has 25 heavy (non-hydrogen) atoms. The number of benzene rings is 2. The van der Waals surface area contributed by atoms with Crippen LogP contribution in [0.2, 0.25) is 0 Å². The molecule has 1 heterocycles. The second-order valence-electron chi connectivity index (χ2n) is 5.27. The maximum atomic E-state index is 12.6. The zero-order chi connectivity index (χ0) is 18.1. The van der Waals surface area contributed by atoms with Gasteiger partial charge in [-0.05, 0) is 42.3 Å². The average molecular weight is 358 g/mol. The van der Waals surface area contributed by atoms with Gasteiger partial charge < -0.3 is 24.9 Å². The van der Waals surface area contributed by atoms with Crippen molar-refractivity contribution in [3.8, 4) is 5.75 Å². The number of carboxylic acid groups (broad SMARTS) is 1. The van der Waals surface area contributed by atoms with Crippen molar-refractivity contribution in [3.63, 3.8) is 0 Å². The van der Waals surface area contributed by atoms with E-state index in [0.717, 1.165) is 11.0 Å². The number of likely N-dealkylation sites (N-methyl/N-ethyl adjacent to an activating group) is 1. The average Bonchev–Trinajstić information content (AvgIpc) is 2.56. The van der Waals surface area contributed by atoms with Gasteiger partial charge in [-0.2, -0.15) is 0 Å². The Bertz CT molecular complexity index is 910. The zero-order valence-corrected chi connectivity index (χ0v) is 13.9. The van der Waals surface area contributed by atoms with Crippen LogP contribution in [0.3, 0.4) is 0 Å². The molecule has 1 aliphatic rings. The molecule has 0 unspecified atom stereocenters. The van der Waals surface area contributed by atoms with Crippen LogP contribution in [0.4, 0.5) is 5.69 Å². The van der Waals surface area contributed by atoms with E-state index in [9.17, 15) is 19.8 Å². The number of nitrogens with zero attached hydrogens (tertiary/aromatic N) is 1.